The van der Waals surface area contributed by atoms with E-state index in [1.165, 1.54) is 18.6 Å². The first kappa shape index (κ1) is 19.3. The Kier molecular flexibility index (Phi) is 5.67. The van der Waals surface area contributed by atoms with Gasteiger partial charge in [0.25, 0.3) is 5.91 Å². The van der Waals surface area contributed by atoms with Gasteiger partial charge in [-0.15, -0.1) is 0 Å². The van der Waals surface area contributed by atoms with Crippen LogP contribution in [0.1, 0.15) is 15.4 Å². The maximum Gasteiger partial charge on any atom is 0.269 e. The number of piperazine rings is 1. The number of aromatic nitrogens is 4. The Morgan fingerprint density at radius 3 is 2.83 bits per heavy atom. The molecule has 0 spiro atoms. The van der Waals surface area contributed by atoms with Crippen molar-refractivity contribution in [2.45, 2.75) is 6.54 Å². The SMILES string of the molecule is CNC(=O)c1ccc(N2CCN(Cc3cc(Nc4ncc[nH]4)ns3)CC2)c(F)n1. The van der Waals surface area contributed by atoms with Crippen LogP contribution in [0.3, 0.4) is 0 Å². The molecule has 29 heavy (non-hydrogen) atoms. The first-order chi connectivity index (χ1) is 14.1. The molecule has 0 aromatic carbocycles. The second-order valence-corrected chi connectivity index (χ2v) is 7.48. The molecule has 1 aliphatic heterocycles. The van der Waals surface area contributed by atoms with Gasteiger partial charge in [0.2, 0.25) is 11.9 Å². The fourth-order valence-corrected chi connectivity index (χ4v) is 3.90. The van der Waals surface area contributed by atoms with Crippen LogP contribution < -0.4 is 15.5 Å². The van der Waals surface area contributed by atoms with Crippen LogP contribution in [0.4, 0.5) is 21.8 Å². The van der Waals surface area contributed by atoms with Gasteiger partial charge in [0.1, 0.15) is 11.5 Å². The predicted molar refractivity (Wildman–Crippen MR) is 109 cm³/mol. The lowest BCUT2D eigenvalue weighted by molar-refractivity contribution is 0.0957. The number of nitrogens with zero attached hydrogens (tertiary/aromatic N) is 5. The maximum atomic E-state index is 14.4. The number of pyridine rings is 1. The number of rotatable bonds is 6. The third-order valence-electron chi connectivity index (χ3n) is 4.68. The summed E-state index contributed by atoms with van der Waals surface area (Å²) in [4.78, 5) is 27.9. The van der Waals surface area contributed by atoms with Gasteiger partial charge < -0.3 is 20.5 Å². The summed E-state index contributed by atoms with van der Waals surface area (Å²) in [5.74, 6) is 0.415. The second-order valence-electron chi connectivity index (χ2n) is 6.59. The van der Waals surface area contributed by atoms with Crippen molar-refractivity contribution in [3.05, 3.63) is 47.1 Å². The summed E-state index contributed by atoms with van der Waals surface area (Å²) in [5, 5.41) is 5.57. The molecule has 1 aliphatic rings. The molecule has 0 saturated carbocycles. The number of halogens is 1. The van der Waals surface area contributed by atoms with Crippen molar-refractivity contribution in [2.24, 2.45) is 0 Å². The highest BCUT2D eigenvalue weighted by molar-refractivity contribution is 7.06. The van der Waals surface area contributed by atoms with Gasteiger partial charge in [-0.2, -0.15) is 8.76 Å². The summed E-state index contributed by atoms with van der Waals surface area (Å²) in [7, 11) is 1.49. The van der Waals surface area contributed by atoms with Crippen molar-refractivity contribution in [1.82, 2.24) is 29.5 Å². The van der Waals surface area contributed by atoms with Crippen LogP contribution >= 0.6 is 11.5 Å². The Labute approximate surface area is 171 Å². The summed E-state index contributed by atoms with van der Waals surface area (Å²) in [6, 6.07) is 5.19. The molecule has 4 rings (SSSR count). The lowest BCUT2D eigenvalue weighted by Crippen LogP contribution is -2.46. The van der Waals surface area contributed by atoms with Gasteiger partial charge in [-0.3, -0.25) is 9.69 Å². The van der Waals surface area contributed by atoms with E-state index in [1.807, 2.05) is 11.0 Å². The van der Waals surface area contributed by atoms with E-state index < -0.39 is 11.9 Å². The molecule has 0 unspecified atom stereocenters. The number of aromatic amines is 1. The minimum atomic E-state index is -0.615. The maximum absolute atomic E-state index is 14.4. The van der Waals surface area contributed by atoms with E-state index in [2.05, 4.69) is 34.9 Å². The highest BCUT2D eigenvalue weighted by Gasteiger charge is 2.21. The molecule has 3 N–H and O–H groups in total. The van der Waals surface area contributed by atoms with Crippen LogP contribution in [0, 0.1) is 5.95 Å². The number of anilines is 3. The molecule has 0 bridgehead atoms. The molecule has 3 aromatic heterocycles. The summed E-state index contributed by atoms with van der Waals surface area (Å²) in [5.41, 5.74) is 0.511. The number of hydrogen-bond acceptors (Lipinski definition) is 8. The third kappa shape index (κ3) is 4.51. The van der Waals surface area contributed by atoms with E-state index in [1.54, 1.807) is 24.5 Å². The van der Waals surface area contributed by atoms with E-state index >= 15 is 0 Å². The normalized spacial score (nSPS) is 14.8. The average molecular weight is 416 g/mol. The average Bonchev–Trinajstić information content (AvgIpc) is 3.40. The molecule has 11 heteroatoms. The number of hydrogen-bond donors (Lipinski definition) is 3. The Morgan fingerprint density at radius 2 is 2.14 bits per heavy atom. The largest absolute Gasteiger partial charge is 0.365 e. The lowest BCUT2D eigenvalue weighted by atomic mass is 10.2. The van der Waals surface area contributed by atoms with Crippen LogP contribution in [0.15, 0.2) is 30.6 Å². The van der Waals surface area contributed by atoms with E-state index in [0.29, 0.717) is 24.7 Å². The van der Waals surface area contributed by atoms with Crippen LogP contribution in [0.5, 0.6) is 0 Å². The van der Waals surface area contributed by atoms with Crippen molar-refractivity contribution < 1.29 is 9.18 Å². The van der Waals surface area contributed by atoms with Crippen LogP contribution in [-0.2, 0) is 6.54 Å². The first-order valence-electron chi connectivity index (χ1n) is 9.20. The summed E-state index contributed by atoms with van der Waals surface area (Å²) >= 11 is 1.45. The number of carbonyl (C=O) groups excluding carboxylic acids is 1. The van der Waals surface area contributed by atoms with E-state index in [0.717, 1.165) is 30.3 Å². The van der Waals surface area contributed by atoms with Gasteiger partial charge in [-0.05, 0) is 29.7 Å². The van der Waals surface area contributed by atoms with Crippen LogP contribution in [-0.4, -0.2) is 63.4 Å². The predicted octanol–water partition coefficient (Wildman–Crippen LogP) is 1.83. The number of H-pyrrole nitrogens is 1. The Morgan fingerprint density at radius 1 is 1.31 bits per heavy atom. The fourth-order valence-electron chi connectivity index (χ4n) is 3.19. The summed E-state index contributed by atoms with van der Waals surface area (Å²) in [6.07, 6.45) is 3.43. The van der Waals surface area contributed by atoms with Crippen LogP contribution in [0.25, 0.3) is 0 Å². The zero-order valence-electron chi connectivity index (χ0n) is 15.9. The van der Waals surface area contributed by atoms with E-state index in [9.17, 15) is 9.18 Å². The number of amides is 1. The molecule has 9 nitrogen and oxygen atoms in total. The van der Waals surface area contributed by atoms with Crippen molar-refractivity contribution in [3.8, 4) is 0 Å². The van der Waals surface area contributed by atoms with Gasteiger partial charge in [-0.25, -0.2) is 9.97 Å². The van der Waals surface area contributed by atoms with E-state index in [4.69, 9.17) is 0 Å². The van der Waals surface area contributed by atoms with Crippen molar-refractivity contribution in [1.29, 1.82) is 0 Å². The number of nitrogens with one attached hydrogen (secondary N) is 3. The minimum Gasteiger partial charge on any atom is -0.365 e. The lowest BCUT2D eigenvalue weighted by Gasteiger charge is -2.35. The molecule has 3 aromatic rings. The molecular formula is C18H21FN8OS. The van der Waals surface area contributed by atoms with Gasteiger partial charge in [0.05, 0.1) is 5.69 Å². The molecular weight excluding hydrogens is 395 g/mol. The van der Waals surface area contributed by atoms with Gasteiger partial charge >= 0.3 is 0 Å². The minimum absolute atomic E-state index is 0.0801. The van der Waals surface area contributed by atoms with Crippen LogP contribution in [0.2, 0.25) is 0 Å². The number of carbonyl (C=O) groups is 1. The quantitative estimate of drug-likeness (QED) is 0.527. The first-order valence-corrected chi connectivity index (χ1v) is 9.97. The summed E-state index contributed by atoms with van der Waals surface area (Å²) in [6.45, 7) is 3.77. The molecule has 1 saturated heterocycles. The Balaban J connectivity index is 1.32. The molecule has 4 heterocycles. The van der Waals surface area contributed by atoms with E-state index in [-0.39, 0.29) is 5.69 Å². The summed E-state index contributed by atoms with van der Waals surface area (Å²) < 4.78 is 18.8. The Bertz CT molecular complexity index is 968. The van der Waals surface area contributed by atoms with Crippen molar-refractivity contribution in [3.63, 3.8) is 0 Å². The molecule has 0 atom stereocenters. The zero-order chi connectivity index (χ0) is 20.2. The topological polar surface area (TPSA) is 102 Å². The zero-order valence-corrected chi connectivity index (χ0v) is 16.7. The third-order valence-corrected chi connectivity index (χ3v) is 5.45. The smallest absolute Gasteiger partial charge is 0.269 e. The number of imidazole rings is 1. The molecule has 1 amide bonds. The Hall–Kier alpha value is -3.05. The molecule has 152 valence electrons. The highest BCUT2D eigenvalue weighted by atomic mass is 32.1. The molecule has 0 radical (unpaired) electrons. The monoisotopic (exact) mass is 416 g/mol. The molecule has 0 aliphatic carbocycles. The van der Waals surface area contributed by atoms with Crippen molar-refractivity contribution in [2.75, 3.05) is 43.4 Å². The van der Waals surface area contributed by atoms with Gasteiger partial charge in [0.15, 0.2) is 0 Å². The standard InChI is InChI=1S/C18H21FN8OS/c1-20-17(28)13-2-3-14(16(19)23-13)27-8-6-26(7-9-27)11-12-10-15(25-29-12)24-18-21-4-5-22-18/h2-5,10H,6-9,11H2,1H3,(H,20,28)(H2,21,22,24,25). The fraction of sp³-hybridized carbons (Fsp3) is 0.333. The molecule has 1 fully saturated rings. The van der Waals surface area contributed by atoms with Crippen molar-refractivity contribution >= 4 is 34.9 Å². The highest BCUT2D eigenvalue weighted by Crippen LogP contribution is 2.22. The van der Waals surface area contributed by atoms with Gasteiger partial charge in [0, 0.05) is 57.0 Å². The van der Waals surface area contributed by atoms with Gasteiger partial charge in [-0.1, -0.05) is 0 Å². The second kappa shape index (κ2) is 8.53.